The number of anilines is 1. The van der Waals surface area contributed by atoms with E-state index in [2.05, 4.69) is 16.8 Å². The van der Waals surface area contributed by atoms with Crippen molar-refractivity contribution in [1.29, 1.82) is 5.26 Å². The highest BCUT2D eigenvalue weighted by molar-refractivity contribution is 5.47. The maximum absolute atomic E-state index is 8.82. The Kier molecular flexibility index (Phi) is 3.60. The third kappa shape index (κ3) is 2.62. The van der Waals surface area contributed by atoms with Gasteiger partial charge in [0.05, 0.1) is 24.6 Å². The standard InChI is InChI=1S/C15H19N3O2/c1-12-9-18(14-4-3-13(7-16)17-8-14)10-15(20-12)5-2-6-19-11-15/h3-4,8,12H,2,5-6,9-11H2,1H3/t12-,15+/m0/s1. The van der Waals surface area contributed by atoms with Gasteiger partial charge in [-0.25, -0.2) is 4.98 Å². The van der Waals surface area contributed by atoms with Crippen LogP contribution in [-0.2, 0) is 9.47 Å². The predicted molar refractivity (Wildman–Crippen MR) is 74.5 cm³/mol. The normalized spacial score (nSPS) is 30.2. The number of rotatable bonds is 1. The molecule has 20 heavy (non-hydrogen) atoms. The molecule has 0 radical (unpaired) electrons. The summed E-state index contributed by atoms with van der Waals surface area (Å²) >= 11 is 0. The molecule has 5 nitrogen and oxygen atoms in total. The zero-order valence-electron chi connectivity index (χ0n) is 11.7. The van der Waals surface area contributed by atoms with Crippen molar-refractivity contribution in [3.05, 3.63) is 24.0 Å². The summed E-state index contributed by atoms with van der Waals surface area (Å²) in [5.41, 5.74) is 1.30. The van der Waals surface area contributed by atoms with Crippen molar-refractivity contribution in [2.75, 3.05) is 31.2 Å². The second kappa shape index (κ2) is 5.39. The zero-order chi connectivity index (χ0) is 14.0. The molecular formula is C15H19N3O2. The zero-order valence-corrected chi connectivity index (χ0v) is 11.7. The quantitative estimate of drug-likeness (QED) is 0.780. The Hall–Kier alpha value is -1.64. The number of morpholine rings is 1. The van der Waals surface area contributed by atoms with Crippen LogP contribution >= 0.6 is 0 Å². The Bertz CT molecular complexity index is 503. The Morgan fingerprint density at radius 3 is 3.05 bits per heavy atom. The molecule has 5 heteroatoms. The van der Waals surface area contributed by atoms with Gasteiger partial charge >= 0.3 is 0 Å². The Labute approximate surface area is 119 Å². The van der Waals surface area contributed by atoms with Gasteiger partial charge in [0.1, 0.15) is 17.4 Å². The van der Waals surface area contributed by atoms with Crippen molar-refractivity contribution in [1.82, 2.24) is 4.98 Å². The second-order valence-corrected chi connectivity index (χ2v) is 5.66. The largest absolute Gasteiger partial charge is 0.378 e. The molecular weight excluding hydrogens is 254 g/mol. The van der Waals surface area contributed by atoms with Crippen molar-refractivity contribution >= 4 is 5.69 Å². The maximum Gasteiger partial charge on any atom is 0.140 e. The molecule has 0 aliphatic carbocycles. The number of aromatic nitrogens is 1. The molecule has 106 valence electrons. The fraction of sp³-hybridized carbons (Fsp3) is 0.600. The van der Waals surface area contributed by atoms with Crippen LogP contribution in [-0.4, -0.2) is 43.0 Å². The number of hydrogen-bond acceptors (Lipinski definition) is 5. The van der Waals surface area contributed by atoms with Gasteiger partial charge in [-0.2, -0.15) is 5.26 Å². The third-order valence-corrected chi connectivity index (χ3v) is 3.92. The molecule has 0 saturated carbocycles. The average Bonchev–Trinajstić information content (AvgIpc) is 2.47. The first kappa shape index (κ1) is 13.3. The molecule has 1 aromatic rings. The molecule has 3 heterocycles. The smallest absolute Gasteiger partial charge is 0.140 e. The van der Waals surface area contributed by atoms with Crippen molar-refractivity contribution in [2.24, 2.45) is 0 Å². The van der Waals surface area contributed by atoms with Gasteiger partial charge in [0, 0.05) is 19.7 Å². The molecule has 1 spiro atoms. The van der Waals surface area contributed by atoms with Crippen molar-refractivity contribution in [3.63, 3.8) is 0 Å². The minimum Gasteiger partial charge on any atom is -0.378 e. The van der Waals surface area contributed by atoms with Gasteiger partial charge in [0.15, 0.2) is 0 Å². The van der Waals surface area contributed by atoms with Crippen molar-refractivity contribution < 1.29 is 9.47 Å². The highest BCUT2D eigenvalue weighted by atomic mass is 16.6. The molecule has 2 atom stereocenters. The summed E-state index contributed by atoms with van der Waals surface area (Å²) in [7, 11) is 0. The Morgan fingerprint density at radius 2 is 2.40 bits per heavy atom. The van der Waals surface area contributed by atoms with E-state index in [0.29, 0.717) is 12.3 Å². The van der Waals surface area contributed by atoms with Crippen LogP contribution < -0.4 is 4.90 Å². The summed E-state index contributed by atoms with van der Waals surface area (Å²) in [6, 6.07) is 5.77. The summed E-state index contributed by atoms with van der Waals surface area (Å²) in [4.78, 5) is 6.44. The lowest BCUT2D eigenvalue weighted by atomic mass is 9.93. The van der Waals surface area contributed by atoms with E-state index < -0.39 is 0 Å². The van der Waals surface area contributed by atoms with Gasteiger partial charge in [-0.15, -0.1) is 0 Å². The van der Waals surface area contributed by atoms with Crippen LogP contribution in [0.5, 0.6) is 0 Å². The lowest BCUT2D eigenvalue weighted by molar-refractivity contribution is -0.160. The van der Waals surface area contributed by atoms with Crippen LogP contribution in [0.15, 0.2) is 18.3 Å². The van der Waals surface area contributed by atoms with E-state index in [1.807, 2.05) is 12.1 Å². The fourth-order valence-corrected chi connectivity index (χ4v) is 3.10. The summed E-state index contributed by atoms with van der Waals surface area (Å²) in [6.45, 7) is 5.26. The van der Waals surface area contributed by atoms with E-state index in [0.717, 1.165) is 38.2 Å². The van der Waals surface area contributed by atoms with Gasteiger partial charge in [0.2, 0.25) is 0 Å². The lowest BCUT2D eigenvalue weighted by Crippen LogP contribution is -2.58. The first-order chi connectivity index (χ1) is 9.71. The summed E-state index contributed by atoms with van der Waals surface area (Å²) < 4.78 is 11.8. The molecule has 2 saturated heterocycles. The van der Waals surface area contributed by atoms with E-state index in [1.165, 1.54) is 0 Å². The lowest BCUT2D eigenvalue weighted by Gasteiger charge is -2.47. The number of nitrogens with zero attached hydrogens (tertiary/aromatic N) is 3. The molecule has 0 amide bonds. The van der Waals surface area contributed by atoms with Gasteiger partial charge in [-0.3, -0.25) is 0 Å². The predicted octanol–water partition coefficient (Wildman–Crippen LogP) is 1.73. The first-order valence-corrected chi connectivity index (χ1v) is 7.07. The van der Waals surface area contributed by atoms with Gasteiger partial charge in [-0.1, -0.05) is 0 Å². The van der Waals surface area contributed by atoms with E-state index in [4.69, 9.17) is 14.7 Å². The Morgan fingerprint density at radius 1 is 1.50 bits per heavy atom. The maximum atomic E-state index is 8.82. The highest BCUT2D eigenvalue weighted by Crippen LogP contribution is 2.32. The summed E-state index contributed by atoms with van der Waals surface area (Å²) in [6.07, 6.45) is 4.03. The molecule has 2 fully saturated rings. The van der Waals surface area contributed by atoms with Crippen LogP contribution in [0.2, 0.25) is 0 Å². The fourth-order valence-electron chi connectivity index (χ4n) is 3.10. The Balaban J connectivity index is 1.80. The van der Waals surface area contributed by atoms with Gasteiger partial charge in [0.25, 0.3) is 0 Å². The number of pyridine rings is 1. The SMILES string of the molecule is C[C@H]1CN(c2ccc(C#N)nc2)C[C@@]2(CCCOC2)O1. The minimum absolute atomic E-state index is 0.168. The van der Waals surface area contributed by atoms with Crippen LogP contribution in [0.25, 0.3) is 0 Å². The van der Waals surface area contributed by atoms with E-state index in [-0.39, 0.29) is 11.7 Å². The summed E-state index contributed by atoms with van der Waals surface area (Å²) in [5, 5.41) is 8.82. The molecule has 0 aromatic carbocycles. The minimum atomic E-state index is -0.191. The van der Waals surface area contributed by atoms with Crippen LogP contribution in [0, 0.1) is 11.3 Å². The topological polar surface area (TPSA) is 58.4 Å². The average molecular weight is 273 g/mol. The first-order valence-electron chi connectivity index (χ1n) is 7.07. The van der Waals surface area contributed by atoms with Gasteiger partial charge < -0.3 is 14.4 Å². The monoisotopic (exact) mass is 273 g/mol. The van der Waals surface area contributed by atoms with Crippen LogP contribution in [0.1, 0.15) is 25.5 Å². The number of hydrogen-bond donors (Lipinski definition) is 0. The molecule has 2 aliphatic rings. The highest BCUT2D eigenvalue weighted by Gasteiger charge is 2.41. The van der Waals surface area contributed by atoms with Gasteiger partial charge in [-0.05, 0) is 31.9 Å². The third-order valence-electron chi connectivity index (χ3n) is 3.92. The number of ether oxygens (including phenoxy) is 2. The van der Waals surface area contributed by atoms with E-state index in [1.54, 1.807) is 12.3 Å². The van der Waals surface area contributed by atoms with Crippen LogP contribution in [0.3, 0.4) is 0 Å². The molecule has 0 bridgehead atoms. The van der Waals surface area contributed by atoms with E-state index in [9.17, 15) is 0 Å². The molecule has 2 aliphatic heterocycles. The molecule has 1 aromatic heterocycles. The van der Waals surface area contributed by atoms with E-state index >= 15 is 0 Å². The number of nitriles is 1. The molecule has 3 rings (SSSR count). The molecule has 0 unspecified atom stereocenters. The van der Waals surface area contributed by atoms with Crippen molar-refractivity contribution in [2.45, 2.75) is 31.5 Å². The summed E-state index contributed by atoms with van der Waals surface area (Å²) in [5.74, 6) is 0. The second-order valence-electron chi connectivity index (χ2n) is 5.66. The van der Waals surface area contributed by atoms with Crippen molar-refractivity contribution in [3.8, 4) is 6.07 Å². The molecule has 0 N–H and O–H groups in total. The van der Waals surface area contributed by atoms with Crippen LogP contribution in [0.4, 0.5) is 5.69 Å².